The lowest BCUT2D eigenvalue weighted by Crippen LogP contribution is -2.44. The standard InChI is InChI=1S/C8H18N2O3/c1-6(8(9)12)10(2)4-7(11)5-13-3/h6-7,11H,4-5H2,1-3H3,(H2,9,12). The molecule has 0 aromatic rings. The van der Waals surface area contributed by atoms with E-state index in [0.29, 0.717) is 6.54 Å². The number of ether oxygens (including phenoxy) is 1. The molecule has 0 aromatic carbocycles. The van der Waals surface area contributed by atoms with Gasteiger partial charge < -0.3 is 15.6 Å². The highest BCUT2D eigenvalue weighted by Crippen LogP contribution is 1.96. The predicted molar refractivity (Wildman–Crippen MR) is 49.2 cm³/mol. The van der Waals surface area contributed by atoms with Crippen LogP contribution in [0.2, 0.25) is 0 Å². The van der Waals surface area contributed by atoms with E-state index in [1.165, 1.54) is 7.11 Å². The molecular weight excluding hydrogens is 172 g/mol. The van der Waals surface area contributed by atoms with Crippen molar-refractivity contribution in [2.75, 3.05) is 27.3 Å². The van der Waals surface area contributed by atoms with E-state index in [0.717, 1.165) is 0 Å². The van der Waals surface area contributed by atoms with Gasteiger partial charge in [0.25, 0.3) is 0 Å². The van der Waals surface area contributed by atoms with Crippen molar-refractivity contribution in [2.24, 2.45) is 5.73 Å². The molecule has 0 saturated heterocycles. The number of carbonyl (C=O) groups is 1. The summed E-state index contributed by atoms with van der Waals surface area (Å²) in [5, 5.41) is 9.33. The van der Waals surface area contributed by atoms with E-state index in [1.54, 1.807) is 18.9 Å². The van der Waals surface area contributed by atoms with Crippen LogP contribution in [0.25, 0.3) is 0 Å². The van der Waals surface area contributed by atoms with Crippen LogP contribution in [0.15, 0.2) is 0 Å². The minimum absolute atomic E-state index is 0.260. The van der Waals surface area contributed by atoms with E-state index in [9.17, 15) is 9.90 Å². The molecule has 13 heavy (non-hydrogen) atoms. The van der Waals surface area contributed by atoms with Gasteiger partial charge in [0, 0.05) is 13.7 Å². The van der Waals surface area contributed by atoms with Crippen LogP contribution < -0.4 is 5.73 Å². The van der Waals surface area contributed by atoms with Crippen LogP contribution in [0.4, 0.5) is 0 Å². The van der Waals surface area contributed by atoms with Crippen LogP contribution in [0.1, 0.15) is 6.92 Å². The minimum atomic E-state index is -0.586. The number of methoxy groups -OCH3 is 1. The molecule has 0 aliphatic carbocycles. The van der Waals surface area contributed by atoms with Gasteiger partial charge in [-0.3, -0.25) is 9.69 Å². The summed E-state index contributed by atoms with van der Waals surface area (Å²) in [6, 6.07) is -0.369. The first-order valence-electron chi connectivity index (χ1n) is 4.15. The Morgan fingerprint density at radius 3 is 2.62 bits per heavy atom. The molecule has 0 rings (SSSR count). The molecule has 0 bridgehead atoms. The molecule has 0 spiro atoms. The van der Waals surface area contributed by atoms with Gasteiger partial charge in [-0.15, -0.1) is 0 Å². The Balaban J connectivity index is 3.84. The van der Waals surface area contributed by atoms with Gasteiger partial charge >= 0.3 is 0 Å². The summed E-state index contributed by atoms with van der Waals surface area (Å²) in [7, 11) is 3.25. The fourth-order valence-corrected chi connectivity index (χ4v) is 0.953. The van der Waals surface area contributed by atoms with Crippen molar-refractivity contribution >= 4 is 5.91 Å². The molecule has 0 radical (unpaired) electrons. The molecule has 0 fully saturated rings. The normalized spacial score (nSPS) is 15.8. The zero-order valence-corrected chi connectivity index (χ0v) is 8.36. The maximum absolute atomic E-state index is 10.7. The second-order valence-electron chi connectivity index (χ2n) is 3.13. The van der Waals surface area contributed by atoms with Crippen LogP contribution in [0.3, 0.4) is 0 Å². The van der Waals surface area contributed by atoms with Crippen molar-refractivity contribution in [2.45, 2.75) is 19.1 Å². The number of primary amides is 1. The highest BCUT2D eigenvalue weighted by atomic mass is 16.5. The largest absolute Gasteiger partial charge is 0.389 e. The number of nitrogens with two attached hydrogens (primary N) is 1. The highest BCUT2D eigenvalue weighted by Gasteiger charge is 2.17. The first-order valence-corrected chi connectivity index (χ1v) is 4.15. The predicted octanol–water partition coefficient (Wildman–Crippen LogP) is -1.20. The number of carbonyl (C=O) groups excluding carboxylic acids is 1. The highest BCUT2D eigenvalue weighted by molar-refractivity contribution is 5.79. The molecule has 1 amide bonds. The van der Waals surface area contributed by atoms with Crippen LogP contribution in [-0.2, 0) is 9.53 Å². The Labute approximate surface area is 78.5 Å². The third-order valence-electron chi connectivity index (χ3n) is 1.93. The number of aliphatic hydroxyl groups is 1. The van der Waals surface area contributed by atoms with E-state index in [-0.39, 0.29) is 12.6 Å². The molecule has 3 N–H and O–H groups in total. The minimum Gasteiger partial charge on any atom is -0.389 e. The summed E-state index contributed by atoms with van der Waals surface area (Å²) in [6.07, 6.45) is -0.586. The van der Waals surface area contributed by atoms with Crippen molar-refractivity contribution in [3.8, 4) is 0 Å². The molecule has 2 atom stereocenters. The molecule has 0 heterocycles. The summed E-state index contributed by atoms with van der Waals surface area (Å²) in [5.41, 5.74) is 5.09. The zero-order valence-electron chi connectivity index (χ0n) is 8.36. The summed E-state index contributed by atoms with van der Waals surface area (Å²) in [6.45, 7) is 2.33. The van der Waals surface area contributed by atoms with Crippen LogP contribution in [0.5, 0.6) is 0 Å². The van der Waals surface area contributed by atoms with E-state index in [2.05, 4.69) is 0 Å². The molecule has 5 nitrogen and oxygen atoms in total. The first kappa shape index (κ1) is 12.3. The molecule has 2 unspecified atom stereocenters. The van der Waals surface area contributed by atoms with Crippen molar-refractivity contribution < 1.29 is 14.6 Å². The Kier molecular flexibility index (Phi) is 5.61. The van der Waals surface area contributed by atoms with E-state index >= 15 is 0 Å². The smallest absolute Gasteiger partial charge is 0.234 e. The summed E-state index contributed by atoms with van der Waals surface area (Å²) in [5.74, 6) is -0.396. The second kappa shape index (κ2) is 5.90. The number of amides is 1. The SMILES string of the molecule is COCC(O)CN(C)C(C)C(N)=O. The summed E-state index contributed by atoms with van der Waals surface area (Å²) in [4.78, 5) is 12.4. The molecule has 0 aromatic heterocycles. The quantitative estimate of drug-likeness (QED) is 0.551. The Morgan fingerprint density at radius 1 is 1.69 bits per heavy atom. The maximum Gasteiger partial charge on any atom is 0.234 e. The molecule has 0 saturated carbocycles. The van der Waals surface area contributed by atoms with E-state index in [1.807, 2.05) is 0 Å². The van der Waals surface area contributed by atoms with Gasteiger partial charge in [0.15, 0.2) is 0 Å². The van der Waals surface area contributed by atoms with E-state index < -0.39 is 12.0 Å². The Morgan fingerprint density at radius 2 is 2.23 bits per heavy atom. The lowest BCUT2D eigenvalue weighted by Gasteiger charge is -2.24. The van der Waals surface area contributed by atoms with Crippen molar-refractivity contribution in [1.82, 2.24) is 4.90 Å². The third kappa shape index (κ3) is 4.82. The molecule has 78 valence electrons. The van der Waals surface area contributed by atoms with Crippen LogP contribution in [0, 0.1) is 0 Å². The number of hydrogen-bond donors (Lipinski definition) is 2. The van der Waals surface area contributed by atoms with Crippen LogP contribution in [-0.4, -0.2) is 55.4 Å². The number of aliphatic hydroxyl groups excluding tert-OH is 1. The average molecular weight is 190 g/mol. The van der Waals surface area contributed by atoms with E-state index in [4.69, 9.17) is 10.5 Å². The van der Waals surface area contributed by atoms with Crippen molar-refractivity contribution in [3.05, 3.63) is 0 Å². The molecule has 0 aliphatic rings. The van der Waals surface area contributed by atoms with Gasteiger partial charge in [-0.05, 0) is 14.0 Å². The van der Waals surface area contributed by atoms with Gasteiger partial charge in [-0.25, -0.2) is 0 Å². The molecular formula is C8H18N2O3. The van der Waals surface area contributed by atoms with Gasteiger partial charge in [-0.2, -0.15) is 0 Å². The topological polar surface area (TPSA) is 75.8 Å². The molecule has 5 heteroatoms. The summed E-state index contributed by atoms with van der Waals surface area (Å²) < 4.78 is 4.75. The number of hydrogen-bond acceptors (Lipinski definition) is 4. The van der Waals surface area contributed by atoms with Crippen molar-refractivity contribution in [3.63, 3.8) is 0 Å². The average Bonchev–Trinajstić information content (AvgIpc) is 2.03. The first-order chi connectivity index (χ1) is 5.99. The molecule has 0 aliphatic heterocycles. The van der Waals surface area contributed by atoms with Crippen molar-refractivity contribution in [1.29, 1.82) is 0 Å². The fraction of sp³-hybridized carbons (Fsp3) is 0.875. The van der Waals surface area contributed by atoms with Gasteiger partial charge in [0.1, 0.15) is 0 Å². The number of likely N-dealkylation sites (N-methyl/N-ethyl adjacent to an activating group) is 1. The number of rotatable bonds is 6. The maximum atomic E-state index is 10.7. The van der Waals surface area contributed by atoms with Gasteiger partial charge in [0.05, 0.1) is 18.8 Å². The fourth-order valence-electron chi connectivity index (χ4n) is 0.953. The van der Waals surface area contributed by atoms with Gasteiger partial charge in [-0.1, -0.05) is 0 Å². The lowest BCUT2D eigenvalue weighted by atomic mass is 10.2. The monoisotopic (exact) mass is 190 g/mol. The Hall–Kier alpha value is -0.650. The zero-order chi connectivity index (χ0) is 10.4. The summed E-state index contributed by atoms with van der Waals surface area (Å²) >= 11 is 0. The Bertz CT molecular complexity index is 163. The van der Waals surface area contributed by atoms with Gasteiger partial charge in [0.2, 0.25) is 5.91 Å². The lowest BCUT2D eigenvalue weighted by molar-refractivity contribution is -0.122. The second-order valence-corrected chi connectivity index (χ2v) is 3.13. The third-order valence-corrected chi connectivity index (χ3v) is 1.93. The number of nitrogens with zero attached hydrogens (tertiary/aromatic N) is 1. The van der Waals surface area contributed by atoms with Crippen LogP contribution >= 0.6 is 0 Å².